The predicted octanol–water partition coefficient (Wildman–Crippen LogP) is 4.03. The Kier molecular flexibility index (Phi) is 4.96. The van der Waals surface area contributed by atoms with Gasteiger partial charge in [0.1, 0.15) is 5.82 Å². The van der Waals surface area contributed by atoms with Crippen LogP contribution in [0.1, 0.15) is 15.9 Å². The first kappa shape index (κ1) is 15.5. The van der Waals surface area contributed by atoms with Crippen LogP contribution in [0.4, 0.5) is 4.39 Å². The third-order valence-corrected chi connectivity index (χ3v) is 3.68. The molecule has 0 N–H and O–H groups in total. The molecule has 5 heteroatoms. The van der Waals surface area contributed by atoms with Gasteiger partial charge in [-0.2, -0.15) is 0 Å². The molecule has 0 amide bonds. The molecule has 21 heavy (non-hydrogen) atoms. The lowest BCUT2D eigenvalue weighted by Gasteiger charge is -2.11. The molecule has 0 fully saturated rings. The van der Waals surface area contributed by atoms with Crippen molar-refractivity contribution in [1.29, 1.82) is 0 Å². The Morgan fingerprint density at radius 2 is 1.81 bits per heavy atom. The smallest absolute Gasteiger partial charge is 0.168 e. The van der Waals surface area contributed by atoms with E-state index in [1.807, 2.05) is 0 Å². The number of ketones is 1. The normalized spacial score (nSPS) is 10.3. The highest BCUT2D eigenvalue weighted by Crippen LogP contribution is 2.33. The van der Waals surface area contributed by atoms with Crippen LogP contribution in [-0.2, 0) is 6.42 Å². The minimum Gasteiger partial charge on any atom is -0.493 e. The lowest BCUT2D eigenvalue weighted by molar-refractivity contribution is 0.0992. The van der Waals surface area contributed by atoms with Crippen LogP contribution in [-0.4, -0.2) is 20.0 Å². The van der Waals surface area contributed by atoms with Crippen molar-refractivity contribution in [1.82, 2.24) is 0 Å². The van der Waals surface area contributed by atoms with Crippen LogP contribution >= 0.6 is 15.9 Å². The second-order valence-corrected chi connectivity index (χ2v) is 5.27. The van der Waals surface area contributed by atoms with E-state index in [9.17, 15) is 9.18 Å². The molecular weight excluding hydrogens is 339 g/mol. The molecule has 0 radical (unpaired) electrons. The summed E-state index contributed by atoms with van der Waals surface area (Å²) in [7, 11) is 3.03. The average molecular weight is 353 g/mol. The molecule has 2 aromatic rings. The fourth-order valence-electron chi connectivity index (χ4n) is 2.00. The van der Waals surface area contributed by atoms with Crippen LogP contribution < -0.4 is 9.47 Å². The van der Waals surface area contributed by atoms with Gasteiger partial charge in [0, 0.05) is 16.5 Å². The molecule has 0 aliphatic heterocycles. The summed E-state index contributed by atoms with van der Waals surface area (Å²) >= 11 is 3.35. The number of hydrogen-bond acceptors (Lipinski definition) is 3. The van der Waals surface area contributed by atoms with Crippen LogP contribution in [0.3, 0.4) is 0 Å². The van der Waals surface area contributed by atoms with Crippen molar-refractivity contribution in [2.45, 2.75) is 6.42 Å². The van der Waals surface area contributed by atoms with E-state index >= 15 is 0 Å². The molecule has 2 rings (SSSR count). The summed E-state index contributed by atoms with van der Waals surface area (Å²) < 4.78 is 24.1. The maximum atomic E-state index is 13.2. The van der Waals surface area contributed by atoms with Crippen LogP contribution in [0.25, 0.3) is 0 Å². The van der Waals surface area contributed by atoms with Gasteiger partial charge in [0.2, 0.25) is 0 Å². The van der Waals surface area contributed by atoms with Crippen LogP contribution in [0.15, 0.2) is 40.9 Å². The van der Waals surface area contributed by atoms with E-state index in [1.54, 1.807) is 24.3 Å². The Bertz CT molecular complexity index is 671. The molecule has 0 aliphatic rings. The van der Waals surface area contributed by atoms with E-state index in [2.05, 4.69) is 15.9 Å². The zero-order valence-corrected chi connectivity index (χ0v) is 13.2. The van der Waals surface area contributed by atoms with E-state index in [4.69, 9.17) is 9.47 Å². The second-order valence-electron chi connectivity index (χ2n) is 4.42. The fraction of sp³-hybridized carbons (Fsp3) is 0.188. The van der Waals surface area contributed by atoms with Crippen molar-refractivity contribution < 1.29 is 18.7 Å². The van der Waals surface area contributed by atoms with Crippen molar-refractivity contribution in [2.75, 3.05) is 14.2 Å². The van der Waals surface area contributed by atoms with Gasteiger partial charge in [-0.3, -0.25) is 4.79 Å². The van der Waals surface area contributed by atoms with Gasteiger partial charge >= 0.3 is 0 Å². The minimum atomic E-state index is -0.355. The largest absolute Gasteiger partial charge is 0.493 e. The summed E-state index contributed by atoms with van der Waals surface area (Å²) in [6, 6.07) is 9.30. The monoisotopic (exact) mass is 352 g/mol. The molecule has 0 unspecified atom stereocenters. The van der Waals surface area contributed by atoms with Crippen LogP contribution in [0.2, 0.25) is 0 Å². The molecule has 0 bridgehead atoms. The predicted molar refractivity (Wildman–Crippen MR) is 81.7 cm³/mol. The van der Waals surface area contributed by atoms with Crippen molar-refractivity contribution >= 4 is 21.7 Å². The molecule has 2 aromatic carbocycles. The fourth-order valence-corrected chi connectivity index (χ4v) is 2.54. The Hall–Kier alpha value is -1.88. The topological polar surface area (TPSA) is 35.5 Å². The van der Waals surface area contributed by atoms with Gasteiger partial charge in [0.25, 0.3) is 0 Å². The summed E-state index contributed by atoms with van der Waals surface area (Å²) in [6.45, 7) is 0. The van der Waals surface area contributed by atoms with E-state index < -0.39 is 0 Å². The summed E-state index contributed by atoms with van der Waals surface area (Å²) in [5.41, 5.74) is 1.10. The standard InChI is InChI=1S/C16H14BrFO3/c1-20-15-8-12(13(17)9-16(15)21-2)14(19)7-10-4-3-5-11(18)6-10/h3-6,8-9H,7H2,1-2H3. The lowest BCUT2D eigenvalue weighted by atomic mass is 10.0. The summed E-state index contributed by atoms with van der Waals surface area (Å²) in [4.78, 5) is 12.4. The molecule has 0 saturated carbocycles. The number of rotatable bonds is 5. The Morgan fingerprint density at radius 1 is 1.14 bits per heavy atom. The summed E-state index contributed by atoms with van der Waals surface area (Å²) in [6.07, 6.45) is 0.117. The average Bonchev–Trinajstić information content (AvgIpc) is 2.46. The van der Waals surface area contributed by atoms with E-state index in [0.717, 1.165) is 0 Å². The van der Waals surface area contributed by atoms with Crippen LogP contribution in [0.5, 0.6) is 11.5 Å². The summed E-state index contributed by atoms with van der Waals surface area (Å²) in [5, 5.41) is 0. The molecule has 110 valence electrons. The minimum absolute atomic E-state index is 0.117. The molecule has 0 spiro atoms. The van der Waals surface area contributed by atoms with Crippen molar-refractivity contribution in [2.24, 2.45) is 0 Å². The summed E-state index contributed by atoms with van der Waals surface area (Å²) in [5.74, 6) is 0.523. The molecule has 3 nitrogen and oxygen atoms in total. The number of hydrogen-bond donors (Lipinski definition) is 0. The van der Waals surface area contributed by atoms with Crippen LogP contribution in [0, 0.1) is 5.82 Å². The highest BCUT2D eigenvalue weighted by Gasteiger charge is 2.16. The van der Waals surface area contributed by atoms with E-state index in [1.165, 1.54) is 26.4 Å². The number of ether oxygens (including phenoxy) is 2. The van der Waals surface area contributed by atoms with Gasteiger partial charge in [-0.25, -0.2) is 4.39 Å². The third-order valence-electron chi connectivity index (χ3n) is 3.03. The maximum Gasteiger partial charge on any atom is 0.168 e. The van der Waals surface area contributed by atoms with Gasteiger partial charge in [-0.1, -0.05) is 12.1 Å². The van der Waals surface area contributed by atoms with Crippen molar-refractivity contribution in [3.63, 3.8) is 0 Å². The number of Topliss-reactive ketones (excluding diaryl/α,β-unsaturated/α-hetero) is 1. The first-order valence-electron chi connectivity index (χ1n) is 6.24. The molecule has 0 atom stereocenters. The number of methoxy groups -OCH3 is 2. The highest BCUT2D eigenvalue weighted by atomic mass is 79.9. The molecule has 0 aromatic heterocycles. The molecule has 0 saturated heterocycles. The third kappa shape index (κ3) is 3.61. The second kappa shape index (κ2) is 6.72. The first-order chi connectivity index (χ1) is 10.0. The van der Waals surface area contributed by atoms with Gasteiger partial charge in [-0.15, -0.1) is 0 Å². The zero-order valence-electron chi connectivity index (χ0n) is 11.7. The maximum absolute atomic E-state index is 13.2. The van der Waals surface area contributed by atoms with E-state index in [-0.39, 0.29) is 18.0 Å². The highest BCUT2D eigenvalue weighted by molar-refractivity contribution is 9.10. The number of benzene rings is 2. The van der Waals surface area contributed by atoms with Gasteiger partial charge < -0.3 is 9.47 Å². The van der Waals surface area contributed by atoms with Gasteiger partial charge in [0.15, 0.2) is 17.3 Å². The van der Waals surface area contributed by atoms with Crippen molar-refractivity contribution in [3.8, 4) is 11.5 Å². The first-order valence-corrected chi connectivity index (χ1v) is 7.03. The number of carbonyl (C=O) groups excluding carboxylic acids is 1. The SMILES string of the molecule is COc1cc(Br)c(C(=O)Cc2cccc(F)c2)cc1OC. The molecule has 0 aliphatic carbocycles. The Morgan fingerprint density at radius 3 is 2.43 bits per heavy atom. The quantitative estimate of drug-likeness (QED) is 0.762. The zero-order chi connectivity index (χ0) is 15.4. The molecule has 0 heterocycles. The number of halogens is 2. The lowest BCUT2D eigenvalue weighted by Crippen LogP contribution is -2.06. The van der Waals surface area contributed by atoms with Gasteiger partial charge in [0.05, 0.1) is 14.2 Å². The van der Waals surface area contributed by atoms with Gasteiger partial charge in [-0.05, 0) is 45.8 Å². The number of carbonyl (C=O) groups is 1. The molecular formula is C16H14BrFO3. The Balaban J connectivity index is 2.31. The van der Waals surface area contributed by atoms with E-state index in [0.29, 0.717) is 27.1 Å². The van der Waals surface area contributed by atoms with Crippen molar-refractivity contribution in [3.05, 3.63) is 57.8 Å². The Labute approximate surface area is 130 Å².